The molecule has 2 nitrogen and oxygen atoms in total. The zero-order valence-electron chi connectivity index (χ0n) is 5.93. The van der Waals surface area contributed by atoms with Crippen molar-refractivity contribution in [3.05, 3.63) is 0 Å². The predicted molar refractivity (Wildman–Crippen MR) is 38.1 cm³/mol. The van der Waals surface area contributed by atoms with E-state index in [2.05, 4.69) is 5.16 Å². The van der Waals surface area contributed by atoms with Crippen molar-refractivity contribution >= 4 is 35.3 Å². The first-order valence-corrected chi connectivity index (χ1v) is 3.13. The fraction of sp³-hybridized carbons (Fsp3) is 0.833. The van der Waals surface area contributed by atoms with Crippen molar-refractivity contribution in [2.45, 2.75) is 32.1 Å². The summed E-state index contributed by atoms with van der Waals surface area (Å²) in [5.41, 5.74) is 0.983. The van der Waals surface area contributed by atoms with E-state index < -0.39 is 0 Å². The Kier molecular flexibility index (Phi) is 5.55. The van der Waals surface area contributed by atoms with Crippen LogP contribution >= 0.6 is 0 Å². The van der Waals surface area contributed by atoms with Crippen molar-refractivity contribution in [1.29, 1.82) is 0 Å². The van der Waals surface area contributed by atoms with Gasteiger partial charge in [0.05, 0.1) is 5.71 Å². The molecule has 9 heavy (non-hydrogen) atoms. The molecule has 0 amide bonds. The van der Waals surface area contributed by atoms with Crippen LogP contribution < -0.4 is 0 Å². The van der Waals surface area contributed by atoms with E-state index in [0.717, 1.165) is 18.6 Å². The van der Waals surface area contributed by atoms with Crippen LogP contribution in [-0.4, -0.2) is 40.5 Å². The van der Waals surface area contributed by atoms with Crippen LogP contribution in [0.15, 0.2) is 5.16 Å². The van der Waals surface area contributed by atoms with Crippen LogP contribution in [0.25, 0.3) is 0 Å². The molecule has 0 aromatic rings. The average Bonchev–Trinajstić information content (AvgIpc) is 1.90. The molecule has 1 radical (unpaired) electrons. The molecule has 0 atom stereocenters. The van der Waals surface area contributed by atoms with E-state index in [1.165, 1.54) is 19.3 Å². The van der Waals surface area contributed by atoms with Gasteiger partial charge >= 0.3 is 0 Å². The van der Waals surface area contributed by atoms with Gasteiger partial charge in [0.25, 0.3) is 0 Å². The summed E-state index contributed by atoms with van der Waals surface area (Å²) in [4.78, 5) is 0. The first-order chi connectivity index (χ1) is 3.93. The molecule has 3 heteroatoms. The molecular formula is C6H11NNaO. The molecule has 0 aromatic carbocycles. The summed E-state index contributed by atoms with van der Waals surface area (Å²) in [5.74, 6) is 0. The number of oxime groups is 1. The third-order valence-electron chi connectivity index (χ3n) is 1.57. The number of nitrogens with zero attached hydrogens (tertiary/aromatic N) is 1. The second-order valence-corrected chi connectivity index (χ2v) is 2.23. The molecule has 0 saturated heterocycles. The fourth-order valence-electron chi connectivity index (χ4n) is 1.06. The monoisotopic (exact) mass is 136 g/mol. The number of hydrogen-bond acceptors (Lipinski definition) is 2. The molecular weight excluding hydrogens is 125 g/mol. The minimum Gasteiger partial charge on any atom is -0.411 e. The standard InChI is InChI=1S/C6H11NO.Na/c8-7-6-4-2-1-3-5-6;/h8H,1-5H2;. The Hall–Kier alpha value is 0.470. The Labute approximate surface area is 77.6 Å². The number of rotatable bonds is 0. The van der Waals surface area contributed by atoms with Gasteiger partial charge in [0.15, 0.2) is 0 Å². The van der Waals surface area contributed by atoms with E-state index in [1.807, 2.05) is 0 Å². The molecule has 1 aliphatic carbocycles. The zero-order valence-corrected chi connectivity index (χ0v) is 7.93. The summed E-state index contributed by atoms with van der Waals surface area (Å²) in [7, 11) is 0. The third-order valence-corrected chi connectivity index (χ3v) is 1.57. The quantitative estimate of drug-likeness (QED) is 0.305. The molecule has 0 unspecified atom stereocenters. The molecule has 1 rings (SSSR count). The van der Waals surface area contributed by atoms with Crippen molar-refractivity contribution in [2.24, 2.45) is 5.16 Å². The Morgan fingerprint density at radius 2 is 1.67 bits per heavy atom. The maximum absolute atomic E-state index is 8.28. The van der Waals surface area contributed by atoms with E-state index in [1.54, 1.807) is 0 Å². The van der Waals surface area contributed by atoms with Gasteiger partial charge in [-0.1, -0.05) is 11.6 Å². The van der Waals surface area contributed by atoms with Crippen molar-refractivity contribution in [3.63, 3.8) is 0 Å². The Morgan fingerprint density at radius 1 is 1.11 bits per heavy atom. The van der Waals surface area contributed by atoms with Crippen molar-refractivity contribution < 1.29 is 5.21 Å². The molecule has 0 bridgehead atoms. The third kappa shape index (κ3) is 3.23. The largest absolute Gasteiger partial charge is 0.411 e. The van der Waals surface area contributed by atoms with Crippen LogP contribution in [0.5, 0.6) is 0 Å². The van der Waals surface area contributed by atoms with Crippen LogP contribution in [0, 0.1) is 0 Å². The maximum atomic E-state index is 8.28. The summed E-state index contributed by atoms with van der Waals surface area (Å²) in [6.45, 7) is 0. The molecule has 0 spiro atoms. The second kappa shape index (κ2) is 5.27. The summed E-state index contributed by atoms with van der Waals surface area (Å²) < 4.78 is 0. The summed E-state index contributed by atoms with van der Waals surface area (Å²) in [6.07, 6.45) is 5.74. The van der Waals surface area contributed by atoms with Crippen molar-refractivity contribution in [1.82, 2.24) is 0 Å². The van der Waals surface area contributed by atoms with Gasteiger partial charge in [0.1, 0.15) is 0 Å². The van der Waals surface area contributed by atoms with Gasteiger partial charge in [0, 0.05) is 29.6 Å². The average molecular weight is 136 g/mol. The molecule has 0 heterocycles. The molecule has 0 aliphatic heterocycles. The van der Waals surface area contributed by atoms with Gasteiger partial charge in [-0.25, -0.2) is 0 Å². The molecule has 1 aliphatic rings. The molecule has 47 valence electrons. The summed E-state index contributed by atoms with van der Waals surface area (Å²) in [5, 5.41) is 11.4. The SMILES string of the molecule is ON=C1CCCCC1.[Na]. The predicted octanol–water partition coefficient (Wildman–Crippen LogP) is 1.40. The Balaban J connectivity index is 0.000000640. The van der Waals surface area contributed by atoms with E-state index in [0.29, 0.717) is 0 Å². The van der Waals surface area contributed by atoms with E-state index in [9.17, 15) is 0 Å². The number of hydrogen-bond donors (Lipinski definition) is 1. The van der Waals surface area contributed by atoms with Gasteiger partial charge in [-0.15, -0.1) is 0 Å². The van der Waals surface area contributed by atoms with E-state index in [-0.39, 0.29) is 29.6 Å². The smallest absolute Gasteiger partial charge is 0.0570 e. The van der Waals surface area contributed by atoms with Crippen molar-refractivity contribution in [3.8, 4) is 0 Å². The molecule has 1 fully saturated rings. The van der Waals surface area contributed by atoms with Crippen LogP contribution in [0.1, 0.15) is 32.1 Å². The topological polar surface area (TPSA) is 32.6 Å². The van der Waals surface area contributed by atoms with E-state index >= 15 is 0 Å². The van der Waals surface area contributed by atoms with Crippen LogP contribution in [-0.2, 0) is 0 Å². The van der Waals surface area contributed by atoms with Gasteiger partial charge < -0.3 is 5.21 Å². The minimum absolute atomic E-state index is 0. The van der Waals surface area contributed by atoms with Gasteiger partial charge in [-0.2, -0.15) is 0 Å². The first kappa shape index (κ1) is 9.47. The zero-order chi connectivity index (χ0) is 5.82. The summed E-state index contributed by atoms with van der Waals surface area (Å²) in [6, 6.07) is 0. The van der Waals surface area contributed by atoms with Crippen molar-refractivity contribution in [2.75, 3.05) is 0 Å². The first-order valence-electron chi connectivity index (χ1n) is 3.13. The maximum Gasteiger partial charge on any atom is 0.0570 e. The summed E-state index contributed by atoms with van der Waals surface area (Å²) >= 11 is 0. The second-order valence-electron chi connectivity index (χ2n) is 2.23. The molecule has 0 aromatic heterocycles. The molecule has 1 N–H and O–H groups in total. The van der Waals surface area contributed by atoms with Gasteiger partial charge in [-0.3, -0.25) is 0 Å². The minimum atomic E-state index is 0. The van der Waals surface area contributed by atoms with Crippen LogP contribution in [0.4, 0.5) is 0 Å². The van der Waals surface area contributed by atoms with Crippen LogP contribution in [0.2, 0.25) is 0 Å². The van der Waals surface area contributed by atoms with E-state index in [4.69, 9.17) is 5.21 Å². The van der Waals surface area contributed by atoms with Gasteiger partial charge in [-0.05, 0) is 25.7 Å². The van der Waals surface area contributed by atoms with Crippen LogP contribution in [0.3, 0.4) is 0 Å². The fourth-order valence-corrected chi connectivity index (χ4v) is 1.06. The Morgan fingerprint density at radius 3 is 2.00 bits per heavy atom. The molecule has 1 saturated carbocycles. The normalized spacial score (nSPS) is 18.4. The van der Waals surface area contributed by atoms with Gasteiger partial charge in [0.2, 0.25) is 0 Å². The Bertz CT molecular complexity index is 95.2.